The number of anilines is 1. The Hall–Kier alpha value is -2.57. The molecule has 1 atom stereocenters. The highest BCUT2D eigenvalue weighted by Crippen LogP contribution is 2.18. The summed E-state index contributed by atoms with van der Waals surface area (Å²) in [5, 5.41) is 13.9. The number of ether oxygens (including phenoxy) is 1. The first-order valence-corrected chi connectivity index (χ1v) is 7.16. The van der Waals surface area contributed by atoms with Crippen molar-refractivity contribution in [2.45, 2.75) is 33.7 Å². The predicted molar refractivity (Wildman–Crippen MR) is 85.3 cm³/mol. The number of rotatable bonds is 6. The third-order valence-electron chi connectivity index (χ3n) is 2.89. The minimum absolute atomic E-state index is 0.223. The molecule has 0 spiro atoms. The molecule has 0 saturated heterocycles. The van der Waals surface area contributed by atoms with Crippen LogP contribution < -0.4 is 15.4 Å². The summed E-state index contributed by atoms with van der Waals surface area (Å²) in [6.07, 6.45) is 0. The molecule has 2 amide bonds. The number of hydrogen-bond donors (Lipinski definition) is 3. The third kappa shape index (κ3) is 6.37. The van der Waals surface area contributed by atoms with Crippen LogP contribution in [-0.4, -0.2) is 35.5 Å². The van der Waals surface area contributed by atoms with Gasteiger partial charge in [0.1, 0.15) is 11.8 Å². The third-order valence-corrected chi connectivity index (χ3v) is 2.89. The largest absolute Gasteiger partial charge is 0.482 e. The first-order chi connectivity index (χ1) is 10.6. The summed E-state index contributed by atoms with van der Waals surface area (Å²) in [6.45, 7) is 6.40. The molecule has 0 bridgehead atoms. The van der Waals surface area contributed by atoms with E-state index in [2.05, 4.69) is 10.6 Å². The molecule has 0 aliphatic carbocycles. The fourth-order valence-corrected chi connectivity index (χ4v) is 1.54. The second kappa shape index (κ2) is 7.62. The van der Waals surface area contributed by atoms with Crippen molar-refractivity contribution in [1.82, 2.24) is 5.32 Å². The number of carboxylic acid groups (broad SMARTS) is 1. The summed E-state index contributed by atoms with van der Waals surface area (Å²) in [6, 6.07) is 5.67. The lowest BCUT2D eigenvalue weighted by atomic mass is 9.95. The Bertz CT molecular complexity index is 592. The minimum Gasteiger partial charge on any atom is -0.482 e. The van der Waals surface area contributed by atoms with Gasteiger partial charge in [-0.1, -0.05) is 26.8 Å². The van der Waals surface area contributed by atoms with Crippen molar-refractivity contribution < 1.29 is 24.2 Å². The lowest BCUT2D eigenvalue weighted by Crippen LogP contribution is -2.46. The lowest BCUT2D eigenvalue weighted by Gasteiger charge is -2.21. The molecule has 0 radical (unpaired) electrons. The minimum atomic E-state index is -1.09. The Kier molecular flexibility index (Phi) is 6.12. The molecule has 0 fully saturated rings. The molecule has 7 heteroatoms. The maximum absolute atomic E-state index is 12.1. The molecule has 1 aromatic carbocycles. The van der Waals surface area contributed by atoms with E-state index in [-0.39, 0.29) is 11.8 Å². The molecule has 0 saturated carbocycles. The van der Waals surface area contributed by atoms with Crippen molar-refractivity contribution in [1.29, 1.82) is 0 Å². The topological polar surface area (TPSA) is 105 Å². The summed E-state index contributed by atoms with van der Waals surface area (Å²) in [5.41, 5.74) is -0.131. The van der Waals surface area contributed by atoms with Gasteiger partial charge < -0.3 is 20.5 Å². The zero-order chi connectivity index (χ0) is 17.6. The van der Waals surface area contributed by atoms with Gasteiger partial charge in [-0.25, -0.2) is 4.79 Å². The van der Waals surface area contributed by atoms with Gasteiger partial charge in [0.2, 0.25) is 11.8 Å². The van der Waals surface area contributed by atoms with E-state index < -0.39 is 24.0 Å². The van der Waals surface area contributed by atoms with Gasteiger partial charge in [-0.2, -0.15) is 0 Å². The number of carboxylic acids is 1. The maximum Gasteiger partial charge on any atom is 0.341 e. The predicted octanol–water partition coefficient (Wildman–Crippen LogP) is 1.64. The Morgan fingerprint density at radius 2 is 1.91 bits per heavy atom. The highest BCUT2D eigenvalue weighted by atomic mass is 16.5. The first kappa shape index (κ1) is 18.5. The number of benzene rings is 1. The van der Waals surface area contributed by atoms with Crippen LogP contribution in [0.1, 0.15) is 27.7 Å². The highest BCUT2D eigenvalue weighted by Gasteiger charge is 2.25. The number of amides is 2. The number of aliphatic carboxylic acids is 1. The van der Waals surface area contributed by atoms with Gasteiger partial charge in [0.05, 0.1) is 0 Å². The van der Waals surface area contributed by atoms with Gasteiger partial charge in [-0.15, -0.1) is 0 Å². The summed E-state index contributed by atoms with van der Waals surface area (Å²) < 4.78 is 5.04. The van der Waals surface area contributed by atoms with Crippen molar-refractivity contribution in [3.05, 3.63) is 24.3 Å². The molecule has 23 heavy (non-hydrogen) atoms. The molecular formula is C16H22N2O5. The van der Waals surface area contributed by atoms with E-state index in [9.17, 15) is 14.4 Å². The summed E-state index contributed by atoms with van der Waals surface area (Å²) in [7, 11) is 0. The second-order valence-corrected chi connectivity index (χ2v) is 6.14. The van der Waals surface area contributed by atoms with Gasteiger partial charge in [0, 0.05) is 17.2 Å². The second-order valence-electron chi connectivity index (χ2n) is 6.14. The monoisotopic (exact) mass is 322 g/mol. The summed E-state index contributed by atoms with van der Waals surface area (Å²) in [4.78, 5) is 34.4. The molecule has 126 valence electrons. The Balaban J connectivity index is 2.64. The molecule has 1 unspecified atom stereocenters. The highest BCUT2D eigenvalue weighted by molar-refractivity contribution is 5.97. The van der Waals surface area contributed by atoms with Gasteiger partial charge in [-0.3, -0.25) is 9.59 Å². The zero-order valence-electron chi connectivity index (χ0n) is 13.7. The maximum atomic E-state index is 12.1. The van der Waals surface area contributed by atoms with Crippen molar-refractivity contribution in [2.24, 2.45) is 5.41 Å². The van der Waals surface area contributed by atoms with Crippen molar-refractivity contribution in [3.8, 4) is 5.75 Å². The molecule has 7 nitrogen and oxygen atoms in total. The normalized spacial score (nSPS) is 12.2. The van der Waals surface area contributed by atoms with Crippen LogP contribution >= 0.6 is 0 Å². The van der Waals surface area contributed by atoms with E-state index >= 15 is 0 Å². The molecule has 1 rings (SSSR count). The molecular weight excluding hydrogens is 300 g/mol. The SMILES string of the molecule is CC(NC(=O)C(C)(C)C)C(=O)Nc1cccc(OCC(=O)O)c1. The molecule has 0 heterocycles. The Labute approximate surface area is 135 Å². The van der Waals surface area contributed by atoms with Crippen LogP contribution in [0.25, 0.3) is 0 Å². The van der Waals surface area contributed by atoms with Crippen molar-refractivity contribution >= 4 is 23.5 Å². The summed E-state index contributed by atoms with van der Waals surface area (Å²) >= 11 is 0. The van der Waals surface area contributed by atoms with Crippen molar-refractivity contribution in [3.63, 3.8) is 0 Å². The lowest BCUT2D eigenvalue weighted by molar-refractivity contribution is -0.139. The summed E-state index contributed by atoms with van der Waals surface area (Å²) in [5.74, 6) is -1.36. The van der Waals surface area contributed by atoms with Crippen LogP contribution in [0.3, 0.4) is 0 Å². The quantitative estimate of drug-likeness (QED) is 0.738. The van der Waals surface area contributed by atoms with Crippen LogP contribution in [-0.2, 0) is 14.4 Å². The average Bonchev–Trinajstić information content (AvgIpc) is 2.44. The van der Waals surface area contributed by atoms with Crippen molar-refractivity contribution in [2.75, 3.05) is 11.9 Å². The molecule has 0 aromatic heterocycles. The smallest absolute Gasteiger partial charge is 0.341 e. The number of nitrogens with one attached hydrogen (secondary N) is 2. The zero-order valence-corrected chi connectivity index (χ0v) is 13.7. The molecule has 0 aliphatic heterocycles. The van der Waals surface area contributed by atoms with E-state index in [4.69, 9.17) is 9.84 Å². The van der Waals surface area contributed by atoms with Crippen LogP contribution in [0.4, 0.5) is 5.69 Å². The number of carbonyl (C=O) groups excluding carboxylic acids is 2. The van der Waals surface area contributed by atoms with E-state index in [0.29, 0.717) is 11.4 Å². The van der Waals surface area contributed by atoms with Gasteiger partial charge in [-0.05, 0) is 19.1 Å². The van der Waals surface area contributed by atoms with Crippen LogP contribution in [0.2, 0.25) is 0 Å². The van der Waals surface area contributed by atoms with Crippen LogP contribution in [0, 0.1) is 5.41 Å². The molecule has 3 N–H and O–H groups in total. The fourth-order valence-electron chi connectivity index (χ4n) is 1.54. The first-order valence-electron chi connectivity index (χ1n) is 7.16. The van der Waals surface area contributed by atoms with Gasteiger partial charge >= 0.3 is 5.97 Å². The van der Waals surface area contributed by atoms with Gasteiger partial charge in [0.15, 0.2) is 6.61 Å². The standard InChI is InChI=1S/C16H22N2O5/c1-10(17-15(22)16(2,3)4)14(21)18-11-6-5-7-12(8-11)23-9-13(19)20/h5-8,10H,9H2,1-4H3,(H,17,22)(H,18,21)(H,19,20). The molecule has 1 aromatic rings. The number of hydrogen-bond acceptors (Lipinski definition) is 4. The van der Waals surface area contributed by atoms with E-state index in [1.807, 2.05) is 0 Å². The molecule has 0 aliphatic rings. The van der Waals surface area contributed by atoms with E-state index in [1.165, 1.54) is 6.07 Å². The van der Waals surface area contributed by atoms with E-state index in [1.54, 1.807) is 45.9 Å². The average molecular weight is 322 g/mol. The van der Waals surface area contributed by atoms with Crippen LogP contribution in [0.5, 0.6) is 5.75 Å². The van der Waals surface area contributed by atoms with Gasteiger partial charge in [0.25, 0.3) is 0 Å². The Morgan fingerprint density at radius 1 is 1.26 bits per heavy atom. The van der Waals surface area contributed by atoms with Crippen LogP contribution in [0.15, 0.2) is 24.3 Å². The number of carbonyl (C=O) groups is 3. The van der Waals surface area contributed by atoms with E-state index in [0.717, 1.165) is 0 Å². The Morgan fingerprint density at radius 3 is 2.48 bits per heavy atom. The fraction of sp³-hybridized carbons (Fsp3) is 0.438.